The van der Waals surface area contributed by atoms with Crippen molar-refractivity contribution in [2.75, 3.05) is 12.4 Å². The molecule has 0 saturated heterocycles. The summed E-state index contributed by atoms with van der Waals surface area (Å²) in [5.41, 5.74) is 6.19. The Kier molecular flexibility index (Phi) is 3.62. The van der Waals surface area contributed by atoms with E-state index in [0.717, 1.165) is 0 Å². The van der Waals surface area contributed by atoms with Crippen molar-refractivity contribution in [2.45, 2.75) is 12.5 Å². The molecule has 1 aromatic rings. The average molecular weight is 250 g/mol. The Morgan fingerprint density at radius 3 is 2.89 bits per heavy atom. The van der Waals surface area contributed by atoms with E-state index in [1.54, 1.807) is 6.08 Å². The molecule has 1 amide bonds. The Morgan fingerprint density at radius 2 is 2.28 bits per heavy atom. The highest BCUT2D eigenvalue weighted by atomic mass is 19.1. The lowest BCUT2D eigenvalue weighted by Crippen LogP contribution is -2.24. The van der Waals surface area contributed by atoms with Crippen LogP contribution < -0.4 is 15.8 Å². The molecule has 0 fully saturated rings. The van der Waals surface area contributed by atoms with Gasteiger partial charge in [0.1, 0.15) is 0 Å². The summed E-state index contributed by atoms with van der Waals surface area (Å²) in [5, 5.41) is 2.71. The number of carbonyl (C=O) groups is 1. The van der Waals surface area contributed by atoms with E-state index >= 15 is 0 Å². The fraction of sp³-hybridized carbons (Fsp3) is 0.308. The van der Waals surface area contributed by atoms with E-state index in [0.29, 0.717) is 12.1 Å². The van der Waals surface area contributed by atoms with Crippen molar-refractivity contribution in [3.8, 4) is 5.75 Å². The Morgan fingerprint density at radius 1 is 1.50 bits per heavy atom. The Bertz CT molecular complexity index is 488. The third-order valence-corrected chi connectivity index (χ3v) is 2.87. The minimum atomic E-state index is -0.460. The molecule has 3 N–H and O–H groups in total. The summed E-state index contributed by atoms with van der Waals surface area (Å²) in [6, 6.07) is 4.13. The Labute approximate surface area is 105 Å². The zero-order valence-corrected chi connectivity index (χ0v) is 10.0. The molecular formula is C13H15FN2O2. The summed E-state index contributed by atoms with van der Waals surface area (Å²) in [6.45, 7) is 0. The molecule has 0 bridgehead atoms. The van der Waals surface area contributed by atoms with Gasteiger partial charge in [0, 0.05) is 17.8 Å². The molecule has 18 heavy (non-hydrogen) atoms. The van der Waals surface area contributed by atoms with Crippen LogP contribution in [0.15, 0.2) is 30.4 Å². The summed E-state index contributed by atoms with van der Waals surface area (Å²) in [5.74, 6) is -0.728. The zero-order chi connectivity index (χ0) is 13.1. The van der Waals surface area contributed by atoms with Gasteiger partial charge in [0.05, 0.1) is 13.0 Å². The quantitative estimate of drug-likeness (QED) is 0.802. The van der Waals surface area contributed by atoms with E-state index in [9.17, 15) is 9.18 Å². The maximum absolute atomic E-state index is 13.2. The van der Waals surface area contributed by atoms with Crippen LogP contribution in [-0.2, 0) is 4.79 Å². The van der Waals surface area contributed by atoms with Gasteiger partial charge in [-0.15, -0.1) is 0 Å². The van der Waals surface area contributed by atoms with Gasteiger partial charge in [-0.1, -0.05) is 12.2 Å². The molecule has 2 atom stereocenters. The fourth-order valence-corrected chi connectivity index (χ4v) is 1.89. The first-order chi connectivity index (χ1) is 8.60. The molecular weight excluding hydrogens is 235 g/mol. The van der Waals surface area contributed by atoms with Crippen molar-refractivity contribution in [3.63, 3.8) is 0 Å². The van der Waals surface area contributed by atoms with Crippen LogP contribution in [0.4, 0.5) is 10.1 Å². The van der Waals surface area contributed by atoms with Gasteiger partial charge in [-0.3, -0.25) is 4.79 Å². The highest BCUT2D eigenvalue weighted by Crippen LogP contribution is 2.23. The van der Waals surface area contributed by atoms with Crippen molar-refractivity contribution in [3.05, 3.63) is 36.2 Å². The Hall–Kier alpha value is -1.88. The van der Waals surface area contributed by atoms with E-state index in [-0.39, 0.29) is 23.6 Å². The van der Waals surface area contributed by atoms with Gasteiger partial charge in [0.2, 0.25) is 5.91 Å². The molecule has 0 saturated carbocycles. The molecule has 5 heteroatoms. The summed E-state index contributed by atoms with van der Waals surface area (Å²) < 4.78 is 18.0. The topological polar surface area (TPSA) is 64.3 Å². The third-order valence-electron chi connectivity index (χ3n) is 2.87. The second-order valence-corrected chi connectivity index (χ2v) is 4.23. The van der Waals surface area contributed by atoms with E-state index in [1.165, 1.54) is 25.3 Å². The number of methoxy groups -OCH3 is 1. The van der Waals surface area contributed by atoms with Gasteiger partial charge in [0.25, 0.3) is 0 Å². The first kappa shape index (κ1) is 12.6. The highest BCUT2D eigenvalue weighted by Gasteiger charge is 2.22. The predicted molar refractivity (Wildman–Crippen MR) is 66.8 cm³/mol. The average Bonchev–Trinajstić information content (AvgIpc) is 2.78. The van der Waals surface area contributed by atoms with Crippen LogP contribution >= 0.6 is 0 Å². The van der Waals surface area contributed by atoms with Crippen LogP contribution in [0, 0.1) is 11.7 Å². The van der Waals surface area contributed by atoms with E-state index in [4.69, 9.17) is 10.5 Å². The third kappa shape index (κ3) is 2.68. The van der Waals surface area contributed by atoms with Crippen LogP contribution in [0.1, 0.15) is 6.42 Å². The molecule has 0 aromatic heterocycles. The normalized spacial score (nSPS) is 21.9. The number of rotatable bonds is 3. The first-order valence-corrected chi connectivity index (χ1v) is 5.68. The SMILES string of the molecule is COc1cc(NC(=O)C2C=CC(N)C2)ccc1F. The maximum atomic E-state index is 13.2. The number of ether oxygens (including phenoxy) is 1. The summed E-state index contributed by atoms with van der Waals surface area (Å²) >= 11 is 0. The van der Waals surface area contributed by atoms with Gasteiger partial charge in [0.15, 0.2) is 11.6 Å². The second-order valence-electron chi connectivity index (χ2n) is 4.23. The van der Waals surface area contributed by atoms with E-state index in [1.807, 2.05) is 6.08 Å². The predicted octanol–water partition coefficient (Wildman–Crippen LogP) is 1.68. The molecule has 0 spiro atoms. The minimum Gasteiger partial charge on any atom is -0.494 e. The largest absolute Gasteiger partial charge is 0.494 e. The standard InChI is InChI=1S/C13H15FN2O2/c1-18-12-7-10(4-5-11(12)14)16-13(17)8-2-3-9(15)6-8/h2-5,7-9H,6,15H2,1H3,(H,16,17). The molecule has 0 radical (unpaired) electrons. The molecule has 1 aliphatic rings. The van der Waals surface area contributed by atoms with Gasteiger partial charge >= 0.3 is 0 Å². The molecule has 1 aliphatic carbocycles. The van der Waals surface area contributed by atoms with Crippen LogP contribution in [-0.4, -0.2) is 19.1 Å². The van der Waals surface area contributed by atoms with Crippen molar-refractivity contribution < 1.29 is 13.9 Å². The monoisotopic (exact) mass is 250 g/mol. The van der Waals surface area contributed by atoms with E-state index in [2.05, 4.69) is 5.32 Å². The first-order valence-electron chi connectivity index (χ1n) is 5.68. The molecule has 96 valence electrons. The molecule has 0 heterocycles. The van der Waals surface area contributed by atoms with Crippen molar-refractivity contribution in [1.29, 1.82) is 0 Å². The molecule has 2 rings (SSSR count). The summed E-state index contributed by atoms with van der Waals surface area (Å²) in [6.07, 6.45) is 4.21. The lowest BCUT2D eigenvalue weighted by atomic mass is 10.1. The number of carbonyl (C=O) groups excluding carboxylic acids is 1. The molecule has 0 aliphatic heterocycles. The maximum Gasteiger partial charge on any atom is 0.231 e. The number of halogens is 1. The molecule has 2 unspecified atom stereocenters. The number of benzene rings is 1. The number of hydrogen-bond donors (Lipinski definition) is 2. The smallest absolute Gasteiger partial charge is 0.231 e. The number of nitrogens with one attached hydrogen (secondary N) is 1. The number of amides is 1. The number of hydrogen-bond acceptors (Lipinski definition) is 3. The molecule has 1 aromatic carbocycles. The lowest BCUT2D eigenvalue weighted by molar-refractivity contribution is -0.118. The van der Waals surface area contributed by atoms with Crippen LogP contribution in [0.3, 0.4) is 0 Å². The van der Waals surface area contributed by atoms with Gasteiger partial charge in [-0.25, -0.2) is 4.39 Å². The van der Waals surface area contributed by atoms with Gasteiger partial charge in [-0.05, 0) is 18.6 Å². The summed E-state index contributed by atoms with van der Waals surface area (Å²) in [4.78, 5) is 11.9. The van der Waals surface area contributed by atoms with Crippen LogP contribution in [0.5, 0.6) is 5.75 Å². The Balaban J connectivity index is 2.05. The van der Waals surface area contributed by atoms with Crippen molar-refractivity contribution in [1.82, 2.24) is 0 Å². The zero-order valence-electron chi connectivity index (χ0n) is 10.0. The summed E-state index contributed by atoms with van der Waals surface area (Å²) in [7, 11) is 1.38. The van der Waals surface area contributed by atoms with Crippen LogP contribution in [0.25, 0.3) is 0 Å². The van der Waals surface area contributed by atoms with Crippen molar-refractivity contribution >= 4 is 11.6 Å². The number of nitrogens with two attached hydrogens (primary N) is 1. The number of anilines is 1. The highest BCUT2D eigenvalue weighted by molar-refractivity contribution is 5.94. The molecule has 4 nitrogen and oxygen atoms in total. The van der Waals surface area contributed by atoms with Crippen molar-refractivity contribution in [2.24, 2.45) is 11.7 Å². The lowest BCUT2D eigenvalue weighted by Gasteiger charge is -2.11. The van der Waals surface area contributed by atoms with Gasteiger partial charge < -0.3 is 15.8 Å². The fourth-order valence-electron chi connectivity index (χ4n) is 1.89. The second kappa shape index (κ2) is 5.18. The minimum absolute atomic E-state index is 0.0662. The van der Waals surface area contributed by atoms with Gasteiger partial charge in [-0.2, -0.15) is 0 Å². The van der Waals surface area contributed by atoms with Crippen LogP contribution in [0.2, 0.25) is 0 Å². The van der Waals surface area contributed by atoms with E-state index < -0.39 is 5.82 Å².